The minimum Gasteiger partial charge on any atom is -0.377 e. The number of halogens is 2. The minimum atomic E-state index is -0.486. The van der Waals surface area contributed by atoms with Crippen LogP contribution >= 0.6 is 0 Å². The normalized spacial score (nSPS) is 11.1. The number of hydrogen-bond acceptors (Lipinski definition) is 1. The molecule has 3 heteroatoms. The number of benzene rings is 1. The quantitative estimate of drug-likeness (QED) is 0.743. The molecule has 0 aliphatic carbocycles. The molecule has 0 N–H and O–H groups in total. The Kier molecular flexibility index (Phi) is 4.21. The van der Waals surface area contributed by atoms with E-state index in [4.69, 9.17) is 4.74 Å². The molecule has 0 spiro atoms. The van der Waals surface area contributed by atoms with Crippen LogP contribution in [0, 0.1) is 11.6 Å². The predicted molar refractivity (Wildman–Crippen MR) is 55.8 cm³/mol. The molecule has 0 heterocycles. The van der Waals surface area contributed by atoms with Crippen LogP contribution in [0.15, 0.2) is 12.1 Å². The van der Waals surface area contributed by atoms with Crippen molar-refractivity contribution in [3.05, 3.63) is 34.9 Å². The van der Waals surface area contributed by atoms with Gasteiger partial charge in [0.05, 0.1) is 6.61 Å². The van der Waals surface area contributed by atoms with E-state index in [1.807, 2.05) is 6.92 Å². The summed E-state index contributed by atoms with van der Waals surface area (Å²) in [5.74, 6) is -1.12. The molecule has 0 aromatic heterocycles. The smallest absolute Gasteiger partial charge is 0.129 e. The van der Waals surface area contributed by atoms with E-state index in [2.05, 4.69) is 0 Å². The summed E-state index contributed by atoms with van der Waals surface area (Å²) in [4.78, 5) is 0. The Bertz CT molecular complexity index is 311. The Balaban J connectivity index is 2.97. The molecule has 1 aromatic rings. The zero-order valence-corrected chi connectivity index (χ0v) is 9.31. The van der Waals surface area contributed by atoms with E-state index >= 15 is 0 Å². The number of ether oxygens (including phenoxy) is 1. The lowest BCUT2D eigenvalue weighted by atomic mass is 10.0. The van der Waals surface area contributed by atoms with Gasteiger partial charge < -0.3 is 4.74 Å². The summed E-state index contributed by atoms with van der Waals surface area (Å²) < 4.78 is 32.1. The van der Waals surface area contributed by atoms with Gasteiger partial charge in [-0.05, 0) is 30.5 Å². The molecule has 1 rings (SSSR count). The van der Waals surface area contributed by atoms with Crippen LogP contribution in [0.25, 0.3) is 0 Å². The van der Waals surface area contributed by atoms with Gasteiger partial charge in [0.25, 0.3) is 0 Å². The van der Waals surface area contributed by atoms with Crippen LogP contribution in [0.3, 0.4) is 0 Å². The summed E-state index contributed by atoms with van der Waals surface area (Å²) >= 11 is 0. The SMILES string of the molecule is CCOCc1cc(F)c(C(C)C)c(F)c1. The molecule has 1 aromatic carbocycles. The Labute approximate surface area is 89.1 Å². The lowest BCUT2D eigenvalue weighted by Crippen LogP contribution is -2.01. The Morgan fingerprint density at radius 3 is 2.13 bits per heavy atom. The van der Waals surface area contributed by atoms with Crippen molar-refractivity contribution >= 4 is 0 Å². The van der Waals surface area contributed by atoms with Crippen molar-refractivity contribution in [3.8, 4) is 0 Å². The third-order valence-corrected chi connectivity index (χ3v) is 2.19. The van der Waals surface area contributed by atoms with E-state index in [9.17, 15) is 8.78 Å². The highest BCUT2D eigenvalue weighted by molar-refractivity contribution is 5.28. The molecule has 0 aliphatic heterocycles. The first-order chi connectivity index (χ1) is 7.06. The molecule has 84 valence electrons. The van der Waals surface area contributed by atoms with Gasteiger partial charge in [-0.15, -0.1) is 0 Å². The maximum absolute atomic E-state index is 13.5. The number of rotatable bonds is 4. The van der Waals surface area contributed by atoms with Crippen LogP contribution in [0.5, 0.6) is 0 Å². The van der Waals surface area contributed by atoms with E-state index in [1.54, 1.807) is 13.8 Å². The van der Waals surface area contributed by atoms with Crippen LogP contribution < -0.4 is 0 Å². The van der Waals surface area contributed by atoms with Crippen molar-refractivity contribution in [1.29, 1.82) is 0 Å². The molecule has 0 fully saturated rings. The average Bonchev–Trinajstić information content (AvgIpc) is 2.12. The van der Waals surface area contributed by atoms with Crippen molar-refractivity contribution in [2.75, 3.05) is 6.61 Å². The van der Waals surface area contributed by atoms with Crippen LogP contribution in [0.1, 0.15) is 37.8 Å². The topological polar surface area (TPSA) is 9.23 Å². The maximum Gasteiger partial charge on any atom is 0.129 e. The molecule has 0 radical (unpaired) electrons. The standard InChI is InChI=1S/C12H16F2O/c1-4-15-7-9-5-10(13)12(8(2)3)11(14)6-9/h5-6,8H,4,7H2,1-3H3. The summed E-state index contributed by atoms with van der Waals surface area (Å²) in [6.07, 6.45) is 0. The molecule has 0 amide bonds. The molecule has 0 saturated heterocycles. The van der Waals surface area contributed by atoms with Crippen molar-refractivity contribution < 1.29 is 13.5 Å². The Morgan fingerprint density at radius 2 is 1.73 bits per heavy atom. The van der Waals surface area contributed by atoms with Gasteiger partial charge in [0.15, 0.2) is 0 Å². The fraction of sp³-hybridized carbons (Fsp3) is 0.500. The molecular weight excluding hydrogens is 198 g/mol. The molecular formula is C12H16F2O. The second-order valence-electron chi connectivity index (χ2n) is 3.76. The van der Waals surface area contributed by atoms with Crippen LogP contribution in [-0.2, 0) is 11.3 Å². The average molecular weight is 214 g/mol. The van der Waals surface area contributed by atoms with Gasteiger partial charge >= 0.3 is 0 Å². The summed E-state index contributed by atoms with van der Waals surface area (Å²) in [7, 11) is 0. The molecule has 0 aliphatic rings. The summed E-state index contributed by atoms with van der Waals surface area (Å²) in [6, 6.07) is 2.68. The van der Waals surface area contributed by atoms with Gasteiger partial charge in [-0.25, -0.2) is 8.78 Å². The molecule has 1 nitrogen and oxygen atoms in total. The monoisotopic (exact) mass is 214 g/mol. The second-order valence-corrected chi connectivity index (χ2v) is 3.76. The first-order valence-electron chi connectivity index (χ1n) is 5.11. The van der Waals surface area contributed by atoms with Gasteiger partial charge in [-0.2, -0.15) is 0 Å². The lowest BCUT2D eigenvalue weighted by Gasteiger charge is -2.10. The molecule has 15 heavy (non-hydrogen) atoms. The van der Waals surface area contributed by atoms with E-state index < -0.39 is 11.6 Å². The molecule has 0 bridgehead atoms. The second kappa shape index (κ2) is 5.21. The number of hydrogen-bond donors (Lipinski definition) is 0. The van der Waals surface area contributed by atoms with E-state index in [-0.39, 0.29) is 18.1 Å². The molecule has 0 unspecified atom stereocenters. The fourth-order valence-corrected chi connectivity index (χ4v) is 1.49. The lowest BCUT2D eigenvalue weighted by molar-refractivity contribution is 0.133. The van der Waals surface area contributed by atoms with Gasteiger partial charge in [-0.1, -0.05) is 13.8 Å². The molecule has 0 saturated carbocycles. The van der Waals surface area contributed by atoms with Gasteiger partial charge in [-0.3, -0.25) is 0 Å². The third kappa shape index (κ3) is 2.99. The zero-order valence-electron chi connectivity index (χ0n) is 9.31. The van der Waals surface area contributed by atoms with Crippen molar-refractivity contribution in [1.82, 2.24) is 0 Å². The van der Waals surface area contributed by atoms with Gasteiger partial charge in [0, 0.05) is 12.2 Å². The maximum atomic E-state index is 13.5. The van der Waals surface area contributed by atoms with Crippen molar-refractivity contribution in [3.63, 3.8) is 0 Å². The Hall–Kier alpha value is -0.960. The van der Waals surface area contributed by atoms with Crippen molar-refractivity contribution in [2.24, 2.45) is 0 Å². The van der Waals surface area contributed by atoms with Crippen LogP contribution in [0.2, 0.25) is 0 Å². The van der Waals surface area contributed by atoms with Gasteiger partial charge in [0.2, 0.25) is 0 Å². The highest BCUT2D eigenvalue weighted by Gasteiger charge is 2.14. The Morgan fingerprint density at radius 1 is 1.20 bits per heavy atom. The zero-order chi connectivity index (χ0) is 11.4. The van der Waals surface area contributed by atoms with E-state index in [0.29, 0.717) is 12.2 Å². The highest BCUT2D eigenvalue weighted by atomic mass is 19.1. The summed E-state index contributed by atoms with van der Waals surface area (Å²) in [5, 5.41) is 0. The fourth-order valence-electron chi connectivity index (χ4n) is 1.49. The first kappa shape index (κ1) is 12.1. The van der Waals surface area contributed by atoms with Crippen LogP contribution in [0.4, 0.5) is 8.78 Å². The largest absolute Gasteiger partial charge is 0.377 e. The highest BCUT2D eigenvalue weighted by Crippen LogP contribution is 2.23. The molecule has 0 atom stereocenters. The van der Waals surface area contributed by atoms with Crippen LogP contribution in [-0.4, -0.2) is 6.61 Å². The first-order valence-corrected chi connectivity index (χ1v) is 5.11. The minimum absolute atomic E-state index is 0.147. The van der Waals surface area contributed by atoms with E-state index in [1.165, 1.54) is 12.1 Å². The summed E-state index contributed by atoms with van der Waals surface area (Å²) in [6.45, 7) is 6.17. The summed E-state index contributed by atoms with van der Waals surface area (Å²) in [5.41, 5.74) is 0.687. The van der Waals surface area contributed by atoms with Gasteiger partial charge in [0.1, 0.15) is 11.6 Å². The van der Waals surface area contributed by atoms with E-state index in [0.717, 1.165) is 0 Å². The third-order valence-electron chi connectivity index (χ3n) is 2.19. The predicted octanol–water partition coefficient (Wildman–Crippen LogP) is 3.62. The van der Waals surface area contributed by atoms with Crippen molar-refractivity contribution in [2.45, 2.75) is 33.3 Å².